The monoisotopic (exact) mass is 422 g/mol. The summed E-state index contributed by atoms with van der Waals surface area (Å²) in [6.45, 7) is -0.0584. The number of carbonyl (C=O) groups is 2. The molecule has 0 saturated heterocycles. The average Bonchev–Trinajstić information content (AvgIpc) is 3.39. The van der Waals surface area contributed by atoms with E-state index in [0.29, 0.717) is 41.3 Å². The van der Waals surface area contributed by atoms with Crippen LogP contribution < -0.4 is 9.64 Å². The Morgan fingerprint density at radius 1 is 1.26 bits per heavy atom. The number of nitrogens with zero attached hydrogens (tertiary/aromatic N) is 2. The SMILES string of the molecule is COc1cccc2cc(C=CC(=O)OCC(=O)N3CCc4cc([N+](=O)[O-])ccc43)oc12. The van der Waals surface area contributed by atoms with Crippen LogP contribution in [0.2, 0.25) is 0 Å². The molecule has 2 aromatic carbocycles. The van der Waals surface area contributed by atoms with Gasteiger partial charge in [-0.2, -0.15) is 0 Å². The number of carbonyl (C=O) groups excluding carboxylic acids is 2. The summed E-state index contributed by atoms with van der Waals surface area (Å²) in [5.41, 5.74) is 1.86. The summed E-state index contributed by atoms with van der Waals surface area (Å²) in [6, 6.07) is 11.6. The van der Waals surface area contributed by atoms with Crippen molar-refractivity contribution in [2.45, 2.75) is 6.42 Å². The van der Waals surface area contributed by atoms with E-state index in [1.165, 1.54) is 35.3 Å². The lowest BCUT2D eigenvalue weighted by Gasteiger charge is -2.16. The summed E-state index contributed by atoms with van der Waals surface area (Å²) in [5, 5.41) is 11.7. The zero-order valence-corrected chi connectivity index (χ0v) is 16.6. The fourth-order valence-electron chi connectivity index (χ4n) is 3.47. The van der Waals surface area contributed by atoms with Gasteiger partial charge in [-0.25, -0.2) is 4.79 Å². The number of non-ortho nitro benzene ring substituents is 1. The zero-order chi connectivity index (χ0) is 22.0. The fourth-order valence-corrected chi connectivity index (χ4v) is 3.47. The number of esters is 1. The number of furan rings is 1. The van der Waals surface area contributed by atoms with Gasteiger partial charge in [0.1, 0.15) is 5.76 Å². The van der Waals surface area contributed by atoms with Crippen molar-refractivity contribution in [2.24, 2.45) is 0 Å². The van der Waals surface area contributed by atoms with E-state index in [1.54, 1.807) is 19.2 Å². The Hall–Kier alpha value is -4.14. The third-order valence-corrected chi connectivity index (χ3v) is 4.94. The third-order valence-electron chi connectivity index (χ3n) is 4.94. The van der Waals surface area contributed by atoms with Crippen molar-refractivity contribution in [3.05, 3.63) is 70.0 Å². The Balaban J connectivity index is 1.36. The standard InChI is InChI=1S/C22H18N2O7/c1-29-19-4-2-3-15-12-17(31-22(15)19)6-8-21(26)30-13-20(25)23-10-9-14-11-16(24(27)28)5-7-18(14)23/h2-8,11-12H,9-10,13H2,1H3. The first-order valence-corrected chi connectivity index (χ1v) is 9.45. The molecule has 2 heterocycles. The molecule has 0 fully saturated rings. The van der Waals surface area contributed by atoms with Crippen LogP contribution in [0.25, 0.3) is 17.0 Å². The fraction of sp³-hybridized carbons (Fsp3) is 0.182. The number of methoxy groups -OCH3 is 1. The van der Waals surface area contributed by atoms with Crippen molar-refractivity contribution < 1.29 is 28.4 Å². The van der Waals surface area contributed by atoms with Gasteiger partial charge in [0.2, 0.25) is 0 Å². The van der Waals surface area contributed by atoms with Crippen LogP contribution in [-0.4, -0.2) is 37.1 Å². The number of nitro benzene ring substituents is 1. The minimum Gasteiger partial charge on any atom is -0.493 e. The molecule has 3 aromatic rings. The predicted molar refractivity (Wildman–Crippen MR) is 112 cm³/mol. The third kappa shape index (κ3) is 4.11. The minimum absolute atomic E-state index is 0.0205. The maximum atomic E-state index is 12.5. The number of rotatable bonds is 6. The Bertz CT molecular complexity index is 1210. The lowest BCUT2D eigenvalue weighted by molar-refractivity contribution is -0.384. The summed E-state index contributed by atoms with van der Waals surface area (Å²) in [7, 11) is 1.54. The molecule has 1 aromatic heterocycles. The molecule has 1 amide bonds. The predicted octanol–water partition coefficient (Wildman–Crippen LogP) is 3.50. The smallest absolute Gasteiger partial charge is 0.331 e. The number of ether oxygens (including phenoxy) is 2. The summed E-state index contributed by atoms with van der Waals surface area (Å²) < 4.78 is 16.0. The molecule has 0 saturated carbocycles. The van der Waals surface area contributed by atoms with Crippen molar-refractivity contribution in [3.8, 4) is 5.75 Å². The average molecular weight is 422 g/mol. The van der Waals surface area contributed by atoms with Crippen LogP contribution in [0, 0.1) is 10.1 Å². The molecule has 1 aliphatic rings. The molecule has 0 spiro atoms. The van der Waals surface area contributed by atoms with Gasteiger partial charge in [-0.15, -0.1) is 0 Å². The maximum Gasteiger partial charge on any atom is 0.331 e. The highest BCUT2D eigenvalue weighted by molar-refractivity contribution is 5.98. The molecule has 0 atom stereocenters. The van der Waals surface area contributed by atoms with Crippen molar-refractivity contribution in [3.63, 3.8) is 0 Å². The zero-order valence-electron chi connectivity index (χ0n) is 16.6. The topological polar surface area (TPSA) is 112 Å². The lowest BCUT2D eigenvalue weighted by atomic mass is 10.1. The number of hydrogen-bond donors (Lipinski definition) is 0. The van der Waals surface area contributed by atoms with Gasteiger partial charge < -0.3 is 18.8 Å². The van der Waals surface area contributed by atoms with Gasteiger partial charge in [0.15, 0.2) is 17.9 Å². The Kier molecular flexibility index (Phi) is 5.40. The molecule has 9 nitrogen and oxygen atoms in total. The van der Waals surface area contributed by atoms with Crippen LogP contribution in [0.5, 0.6) is 5.75 Å². The molecule has 0 bridgehead atoms. The molecule has 158 valence electrons. The molecule has 0 unspecified atom stereocenters. The maximum absolute atomic E-state index is 12.5. The van der Waals surface area contributed by atoms with E-state index in [9.17, 15) is 19.7 Å². The van der Waals surface area contributed by atoms with E-state index in [1.807, 2.05) is 12.1 Å². The first-order chi connectivity index (χ1) is 15.0. The Morgan fingerprint density at radius 3 is 2.87 bits per heavy atom. The number of hydrogen-bond acceptors (Lipinski definition) is 7. The molecule has 1 aliphatic heterocycles. The first-order valence-electron chi connectivity index (χ1n) is 9.45. The van der Waals surface area contributed by atoms with Gasteiger partial charge in [0.25, 0.3) is 11.6 Å². The van der Waals surface area contributed by atoms with E-state index in [2.05, 4.69) is 0 Å². The lowest BCUT2D eigenvalue weighted by Crippen LogP contribution is -2.33. The van der Waals surface area contributed by atoms with Crippen LogP contribution in [-0.2, 0) is 20.7 Å². The van der Waals surface area contributed by atoms with E-state index in [-0.39, 0.29) is 5.69 Å². The van der Waals surface area contributed by atoms with Crippen LogP contribution >= 0.6 is 0 Å². The highest BCUT2D eigenvalue weighted by Crippen LogP contribution is 2.31. The van der Waals surface area contributed by atoms with E-state index >= 15 is 0 Å². The van der Waals surface area contributed by atoms with Crippen molar-refractivity contribution >= 4 is 40.3 Å². The van der Waals surface area contributed by atoms with Gasteiger partial charge in [-0.3, -0.25) is 14.9 Å². The van der Waals surface area contributed by atoms with E-state index in [0.717, 1.165) is 5.39 Å². The van der Waals surface area contributed by atoms with Crippen LogP contribution in [0.3, 0.4) is 0 Å². The quantitative estimate of drug-likeness (QED) is 0.259. The minimum atomic E-state index is -0.691. The number of para-hydroxylation sites is 1. The number of anilines is 1. The molecule has 0 N–H and O–H groups in total. The molecular formula is C22H18N2O7. The summed E-state index contributed by atoms with van der Waals surface area (Å²) in [5.74, 6) is -0.0638. The second-order valence-electron chi connectivity index (χ2n) is 6.83. The Labute approximate surface area is 176 Å². The summed E-state index contributed by atoms with van der Waals surface area (Å²) in [4.78, 5) is 36.3. The van der Waals surface area contributed by atoms with Crippen LogP contribution in [0.1, 0.15) is 11.3 Å². The first kappa shape index (κ1) is 20.1. The molecular weight excluding hydrogens is 404 g/mol. The van der Waals surface area contributed by atoms with Crippen molar-refractivity contribution in [1.82, 2.24) is 0 Å². The van der Waals surface area contributed by atoms with Crippen LogP contribution in [0.4, 0.5) is 11.4 Å². The number of fused-ring (bicyclic) bond motifs is 2. The highest BCUT2D eigenvalue weighted by Gasteiger charge is 2.26. The van der Waals surface area contributed by atoms with Crippen molar-refractivity contribution in [2.75, 3.05) is 25.2 Å². The highest BCUT2D eigenvalue weighted by atomic mass is 16.6. The molecule has 4 rings (SSSR count). The Morgan fingerprint density at radius 2 is 2.10 bits per heavy atom. The molecule has 0 radical (unpaired) electrons. The number of nitro groups is 1. The van der Waals surface area contributed by atoms with E-state index < -0.39 is 23.4 Å². The molecule has 0 aliphatic carbocycles. The van der Waals surface area contributed by atoms with Crippen molar-refractivity contribution in [1.29, 1.82) is 0 Å². The van der Waals surface area contributed by atoms with E-state index in [4.69, 9.17) is 13.9 Å². The number of amides is 1. The number of benzene rings is 2. The van der Waals surface area contributed by atoms with Gasteiger partial charge >= 0.3 is 5.97 Å². The molecule has 9 heteroatoms. The van der Waals surface area contributed by atoms with Crippen LogP contribution in [0.15, 0.2) is 53.0 Å². The largest absolute Gasteiger partial charge is 0.493 e. The summed E-state index contributed by atoms with van der Waals surface area (Å²) >= 11 is 0. The molecule has 31 heavy (non-hydrogen) atoms. The summed E-state index contributed by atoms with van der Waals surface area (Å²) in [6.07, 6.45) is 3.14. The normalized spacial score (nSPS) is 12.9. The van der Waals surface area contributed by atoms with Gasteiger partial charge in [-0.1, -0.05) is 12.1 Å². The second-order valence-corrected chi connectivity index (χ2v) is 6.83. The van der Waals surface area contributed by atoms with Gasteiger partial charge in [0.05, 0.1) is 12.0 Å². The second kappa shape index (κ2) is 8.31. The van der Waals surface area contributed by atoms with Gasteiger partial charge in [0, 0.05) is 35.8 Å². The van der Waals surface area contributed by atoms with Gasteiger partial charge in [-0.05, 0) is 36.3 Å².